The molecule has 3 aromatic rings. The SMILES string of the molecule is O=C(CSc1cc(-n2ccc(C(=O)NC3CC3)n2)ncn1)Nc1ccccc1. The predicted octanol–water partition coefficient (Wildman–Crippen LogP) is 2.29. The molecule has 0 unspecified atom stereocenters. The second-order valence-electron chi connectivity index (χ2n) is 6.31. The molecule has 0 bridgehead atoms. The third-order valence-electron chi connectivity index (χ3n) is 4.01. The highest BCUT2D eigenvalue weighted by Crippen LogP contribution is 2.20. The normalized spacial score (nSPS) is 13.1. The van der Waals surface area contributed by atoms with Crippen molar-refractivity contribution in [3.63, 3.8) is 0 Å². The molecule has 2 aromatic heterocycles. The lowest BCUT2D eigenvalue weighted by atomic mass is 10.3. The molecular formula is C19H18N6O2S. The number of thioether (sulfide) groups is 1. The molecule has 2 N–H and O–H groups in total. The van der Waals surface area contributed by atoms with E-state index in [1.807, 2.05) is 30.3 Å². The van der Waals surface area contributed by atoms with Crippen LogP contribution in [0.4, 0.5) is 5.69 Å². The van der Waals surface area contributed by atoms with Crippen LogP contribution in [0.1, 0.15) is 23.3 Å². The number of aromatic nitrogens is 4. The second kappa shape index (κ2) is 8.22. The summed E-state index contributed by atoms with van der Waals surface area (Å²) in [5, 5.41) is 10.7. The zero-order valence-electron chi connectivity index (χ0n) is 14.9. The largest absolute Gasteiger partial charge is 0.348 e. The van der Waals surface area contributed by atoms with Gasteiger partial charge in [0.25, 0.3) is 5.91 Å². The van der Waals surface area contributed by atoms with Crippen LogP contribution in [-0.4, -0.2) is 43.4 Å². The van der Waals surface area contributed by atoms with Gasteiger partial charge in [0.05, 0.1) is 5.75 Å². The van der Waals surface area contributed by atoms with Crippen molar-refractivity contribution in [2.45, 2.75) is 23.9 Å². The Morgan fingerprint density at radius 2 is 1.96 bits per heavy atom. The van der Waals surface area contributed by atoms with Crippen molar-refractivity contribution >= 4 is 29.3 Å². The number of amides is 2. The van der Waals surface area contributed by atoms with E-state index in [1.54, 1.807) is 18.3 Å². The summed E-state index contributed by atoms with van der Waals surface area (Å²) in [6.45, 7) is 0. The summed E-state index contributed by atoms with van der Waals surface area (Å²) in [5.74, 6) is 0.461. The van der Waals surface area contributed by atoms with Crippen LogP contribution in [0.5, 0.6) is 0 Å². The Morgan fingerprint density at radius 3 is 2.75 bits per heavy atom. The van der Waals surface area contributed by atoms with Gasteiger partial charge in [-0.15, -0.1) is 0 Å². The van der Waals surface area contributed by atoms with Crippen LogP contribution in [0.3, 0.4) is 0 Å². The molecule has 1 fully saturated rings. The summed E-state index contributed by atoms with van der Waals surface area (Å²) in [7, 11) is 0. The lowest BCUT2D eigenvalue weighted by Crippen LogP contribution is -2.25. The van der Waals surface area contributed by atoms with Crippen molar-refractivity contribution in [1.82, 2.24) is 25.1 Å². The van der Waals surface area contributed by atoms with Gasteiger partial charge >= 0.3 is 0 Å². The second-order valence-corrected chi connectivity index (χ2v) is 7.31. The number of nitrogens with zero attached hydrogens (tertiary/aromatic N) is 4. The first kappa shape index (κ1) is 18.2. The first-order chi connectivity index (χ1) is 13.7. The van der Waals surface area contributed by atoms with E-state index in [9.17, 15) is 9.59 Å². The van der Waals surface area contributed by atoms with Gasteiger partial charge in [0.1, 0.15) is 11.4 Å². The minimum absolute atomic E-state index is 0.116. The summed E-state index contributed by atoms with van der Waals surface area (Å²) >= 11 is 1.30. The average molecular weight is 394 g/mol. The monoisotopic (exact) mass is 394 g/mol. The molecule has 4 rings (SSSR count). The van der Waals surface area contributed by atoms with E-state index in [4.69, 9.17) is 0 Å². The predicted molar refractivity (Wildman–Crippen MR) is 105 cm³/mol. The summed E-state index contributed by atoms with van der Waals surface area (Å²) in [6, 6.07) is 13.0. The van der Waals surface area contributed by atoms with Crippen molar-refractivity contribution in [3.05, 3.63) is 60.7 Å². The van der Waals surface area contributed by atoms with Crippen molar-refractivity contribution in [2.75, 3.05) is 11.1 Å². The summed E-state index contributed by atoms with van der Waals surface area (Å²) in [5.41, 5.74) is 1.10. The first-order valence-electron chi connectivity index (χ1n) is 8.84. The van der Waals surface area contributed by atoms with Crippen molar-refractivity contribution in [1.29, 1.82) is 0 Å². The topological polar surface area (TPSA) is 102 Å². The lowest BCUT2D eigenvalue weighted by Gasteiger charge is -2.05. The van der Waals surface area contributed by atoms with Gasteiger partial charge in [0.15, 0.2) is 11.5 Å². The van der Waals surface area contributed by atoms with Crippen LogP contribution < -0.4 is 10.6 Å². The van der Waals surface area contributed by atoms with Crippen LogP contribution in [0.25, 0.3) is 5.82 Å². The van der Waals surface area contributed by atoms with E-state index in [1.165, 1.54) is 22.8 Å². The molecule has 0 saturated heterocycles. The standard InChI is InChI=1S/C19H18N6O2S/c26-17(22-13-4-2-1-3-5-13)11-28-18-10-16(20-12-21-18)25-9-8-15(24-25)19(27)23-14-6-7-14/h1-5,8-10,12,14H,6-7,11H2,(H,22,26)(H,23,27). The Bertz CT molecular complexity index is 987. The fourth-order valence-electron chi connectivity index (χ4n) is 2.45. The molecule has 0 spiro atoms. The molecule has 1 aromatic carbocycles. The molecule has 142 valence electrons. The number of benzene rings is 1. The van der Waals surface area contributed by atoms with E-state index in [0.29, 0.717) is 16.5 Å². The lowest BCUT2D eigenvalue weighted by molar-refractivity contribution is -0.113. The number of rotatable bonds is 7. The van der Waals surface area contributed by atoms with Crippen molar-refractivity contribution in [2.24, 2.45) is 0 Å². The highest BCUT2D eigenvalue weighted by atomic mass is 32.2. The Kier molecular flexibility index (Phi) is 5.34. The van der Waals surface area contributed by atoms with Crippen LogP contribution in [0.15, 0.2) is 60.0 Å². The molecule has 0 atom stereocenters. The van der Waals surface area contributed by atoms with Gasteiger partial charge in [-0.3, -0.25) is 9.59 Å². The molecule has 8 nitrogen and oxygen atoms in total. The maximum atomic E-state index is 12.1. The molecule has 2 amide bonds. The number of nitrogens with one attached hydrogen (secondary N) is 2. The highest BCUT2D eigenvalue weighted by Gasteiger charge is 2.24. The highest BCUT2D eigenvalue weighted by molar-refractivity contribution is 7.99. The molecule has 2 heterocycles. The number of carbonyl (C=O) groups excluding carboxylic acids is 2. The van der Waals surface area contributed by atoms with E-state index < -0.39 is 0 Å². The molecule has 9 heteroatoms. The number of para-hydroxylation sites is 1. The Morgan fingerprint density at radius 1 is 1.14 bits per heavy atom. The smallest absolute Gasteiger partial charge is 0.272 e. The molecule has 1 aliphatic rings. The summed E-state index contributed by atoms with van der Waals surface area (Å²) < 4.78 is 1.53. The number of hydrogen-bond donors (Lipinski definition) is 2. The van der Waals surface area contributed by atoms with Gasteiger partial charge in [-0.2, -0.15) is 5.10 Å². The minimum Gasteiger partial charge on any atom is -0.348 e. The molecule has 1 aliphatic carbocycles. The molecule has 1 saturated carbocycles. The fourth-order valence-corrected chi connectivity index (χ4v) is 3.11. The van der Waals surface area contributed by atoms with E-state index >= 15 is 0 Å². The first-order valence-corrected chi connectivity index (χ1v) is 9.82. The molecule has 0 radical (unpaired) electrons. The van der Waals surface area contributed by atoms with Gasteiger partial charge in [-0.1, -0.05) is 30.0 Å². The van der Waals surface area contributed by atoms with Gasteiger partial charge in [-0.25, -0.2) is 14.6 Å². The number of hydrogen-bond acceptors (Lipinski definition) is 6. The average Bonchev–Trinajstić information content (AvgIpc) is 3.38. The quantitative estimate of drug-likeness (QED) is 0.471. The zero-order chi connectivity index (χ0) is 19.3. The van der Waals surface area contributed by atoms with Gasteiger partial charge in [0.2, 0.25) is 5.91 Å². The third kappa shape index (κ3) is 4.74. The minimum atomic E-state index is -0.178. The Hall–Kier alpha value is -3.20. The van der Waals surface area contributed by atoms with Gasteiger partial charge < -0.3 is 10.6 Å². The molecular weight excluding hydrogens is 376 g/mol. The van der Waals surface area contributed by atoms with E-state index in [0.717, 1.165) is 18.5 Å². The van der Waals surface area contributed by atoms with Crippen molar-refractivity contribution < 1.29 is 9.59 Å². The maximum Gasteiger partial charge on any atom is 0.272 e. The van der Waals surface area contributed by atoms with Gasteiger partial charge in [-0.05, 0) is 31.0 Å². The van der Waals surface area contributed by atoms with Gasteiger partial charge in [0, 0.05) is 24.0 Å². The molecule has 0 aliphatic heterocycles. The Labute approximate surface area is 165 Å². The molecule has 28 heavy (non-hydrogen) atoms. The maximum absolute atomic E-state index is 12.1. The summed E-state index contributed by atoms with van der Waals surface area (Å²) in [6.07, 6.45) is 5.15. The fraction of sp³-hybridized carbons (Fsp3) is 0.211. The number of anilines is 1. The summed E-state index contributed by atoms with van der Waals surface area (Å²) in [4.78, 5) is 32.5. The third-order valence-corrected chi connectivity index (χ3v) is 4.93. The van der Waals surface area contributed by atoms with Crippen LogP contribution >= 0.6 is 11.8 Å². The van der Waals surface area contributed by atoms with Crippen LogP contribution in [0, 0.1) is 0 Å². The Balaban J connectivity index is 1.37. The van der Waals surface area contributed by atoms with E-state index in [-0.39, 0.29) is 23.6 Å². The van der Waals surface area contributed by atoms with Crippen LogP contribution in [-0.2, 0) is 4.79 Å². The zero-order valence-corrected chi connectivity index (χ0v) is 15.7. The van der Waals surface area contributed by atoms with E-state index in [2.05, 4.69) is 25.7 Å². The van der Waals surface area contributed by atoms with Crippen molar-refractivity contribution in [3.8, 4) is 5.82 Å². The number of carbonyl (C=O) groups is 2. The van der Waals surface area contributed by atoms with Crippen LogP contribution in [0.2, 0.25) is 0 Å².